The highest BCUT2D eigenvalue weighted by atomic mass is 32.2. The molecule has 0 aliphatic rings. The number of rotatable bonds is 10. The molecule has 0 radical (unpaired) electrons. The van der Waals surface area contributed by atoms with Crippen molar-refractivity contribution < 1.29 is 27.7 Å². The van der Waals surface area contributed by atoms with Gasteiger partial charge in [0.05, 0.1) is 22.9 Å². The van der Waals surface area contributed by atoms with Crippen molar-refractivity contribution in [3.63, 3.8) is 0 Å². The number of ether oxygens (including phenoxy) is 1. The summed E-state index contributed by atoms with van der Waals surface area (Å²) in [6.07, 6.45) is 0. The number of primary sulfonamides is 1. The van der Waals surface area contributed by atoms with Crippen LogP contribution in [0.5, 0.6) is 5.75 Å². The van der Waals surface area contributed by atoms with E-state index in [9.17, 15) is 28.1 Å². The molecular weight excluding hydrogens is 436 g/mol. The van der Waals surface area contributed by atoms with Gasteiger partial charge in [0.15, 0.2) is 12.4 Å². The van der Waals surface area contributed by atoms with Crippen molar-refractivity contribution in [2.24, 2.45) is 5.14 Å². The SMILES string of the molecule is CCN(CC(=O)NCc1cccs1)C(=O)COc1ccc(S(N)(=O)=O)cc1[N+](=O)[O-]. The van der Waals surface area contributed by atoms with Crippen LogP contribution in [0.3, 0.4) is 0 Å². The lowest BCUT2D eigenvalue weighted by atomic mass is 10.3. The third-order valence-electron chi connectivity index (χ3n) is 3.92. The van der Waals surface area contributed by atoms with Gasteiger partial charge in [-0.2, -0.15) is 0 Å². The minimum absolute atomic E-state index is 0.198. The Morgan fingerprint density at radius 3 is 2.63 bits per heavy atom. The van der Waals surface area contributed by atoms with E-state index in [4.69, 9.17) is 9.88 Å². The molecular formula is C17H20N4O7S2. The molecule has 0 aliphatic heterocycles. The molecule has 0 bridgehead atoms. The quantitative estimate of drug-likeness (QED) is 0.395. The van der Waals surface area contributed by atoms with Crippen LogP contribution < -0.4 is 15.2 Å². The van der Waals surface area contributed by atoms with Crippen LogP contribution in [0, 0.1) is 10.1 Å². The minimum Gasteiger partial charge on any atom is -0.477 e. The highest BCUT2D eigenvalue weighted by Gasteiger charge is 2.22. The summed E-state index contributed by atoms with van der Waals surface area (Å²) in [6.45, 7) is 1.48. The van der Waals surface area contributed by atoms with Gasteiger partial charge in [-0.3, -0.25) is 19.7 Å². The normalized spacial score (nSPS) is 11.0. The molecule has 11 nitrogen and oxygen atoms in total. The molecule has 0 aliphatic carbocycles. The standard InChI is InChI=1S/C17H20N4O7S2/c1-2-20(10-16(22)19-9-12-4-3-7-29-12)17(23)11-28-15-6-5-13(30(18,26)27)8-14(15)21(24)25/h3-8H,2,9-11H2,1H3,(H,19,22)(H2,18,26,27). The maximum absolute atomic E-state index is 12.4. The van der Waals surface area contributed by atoms with Gasteiger partial charge in [0, 0.05) is 17.5 Å². The zero-order chi connectivity index (χ0) is 22.3. The molecule has 0 saturated carbocycles. The van der Waals surface area contributed by atoms with Crippen molar-refractivity contribution in [2.45, 2.75) is 18.4 Å². The smallest absolute Gasteiger partial charge is 0.312 e. The van der Waals surface area contributed by atoms with Gasteiger partial charge < -0.3 is 15.0 Å². The van der Waals surface area contributed by atoms with Crippen molar-refractivity contribution in [3.8, 4) is 5.75 Å². The van der Waals surface area contributed by atoms with Gasteiger partial charge in [-0.05, 0) is 30.5 Å². The molecule has 0 atom stereocenters. The summed E-state index contributed by atoms with van der Waals surface area (Å²) in [5.41, 5.74) is -0.647. The average Bonchev–Trinajstić information content (AvgIpc) is 3.21. The Kier molecular flexibility index (Phi) is 7.86. The third kappa shape index (κ3) is 6.50. The van der Waals surface area contributed by atoms with Crippen LogP contribution in [0.15, 0.2) is 40.6 Å². The van der Waals surface area contributed by atoms with Crippen LogP contribution in [0.2, 0.25) is 0 Å². The lowest BCUT2D eigenvalue weighted by Crippen LogP contribution is -2.42. The number of nitrogens with one attached hydrogen (secondary N) is 1. The molecule has 1 heterocycles. The number of sulfonamides is 1. The first-order chi connectivity index (χ1) is 14.1. The average molecular weight is 457 g/mol. The highest BCUT2D eigenvalue weighted by Crippen LogP contribution is 2.29. The Bertz CT molecular complexity index is 1020. The predicted octanol–water partition coefficient (Wildman–Crippen LogP) is 0.847. The molecule has 1 aromatic carbocycles. The number of nitrogens with zero attached hydrogens (tertiary/aromatic N) is 2. The Hall–Kier alpha value is -3.03. The summed E-state index contributed by atoms with van der Waals surface area (Å²) in [7, 11) is -4.14. The summed E-state index contributed by atoms with van der Waals surface area (Å²) in [6, 6.07) is 6.58. The van der Waals surface area contributed by atoms with Crippen molar-refractivity contribution in [1.29, 1.82) is 0 Å². The zero-order valence-electron chi connectivity index (χ0n) is 15.9. The number of nitro groups is 1. The molecule has 0 fully saturated rings. The maximum Gasteiger partial charge on any atom is 0.312 e. The maximum atomic E-state index is 12.4. The van der Waals surface area contributed by atoms with Crippen LogP contribution >= 0.6 is 11.3 Å². The molecule has 1 aromatic heterocycles. The van der Waals surface area contributed by atoms with E-state index < -0.39 is 38.0 Å². The van der Waals surface area contributed by atoms with E-state index in [0.717, 1.165) is 23.1 Å². The van der Waals surface area contributed by atoms with Crippen LogP contribution in [0.4, 0.5) is 5.69 Å². The van der Waals surface area contributed by atoms with Crippen molar-refractivity contribution in [3.05, 3.63) is 50.7 Å². The molecule has 2 rings (SSSR count). The zero-order valence-corrected chi connectivity index (χ0v) is 17.6. The first-order valence-electron chi connectivity index (χ1n) is 8.62. The molecule has 2 aromatic rings. The molecule has 0 spiro atoms. The number of carbonyl (C=O) groups excluding carboxylic acids is 2. The van der Waals surface area contributed by atoms with Crippen molar-refractivity contribution >= 4 is 38.9 Å². The fourth-order valence-corrected chi connectivity index (χ4v) is 3.55. The van der Waals surface area contributed by atoms with E-state index in [-0.39, 0.29) is 24.7 Å². The number of nitrogens with two attached hydrogens (primary N) is 1. The fraction of sp³-hybridized carbons (Fsp3) is 0.294. The molecule has 2 amide bonds. The molecule has 30 heavy (non-hydrogen) atoms. The van der Waals surface area contributed by atoms with E-state index in [1.54, 1.807) is 6.92 Å². The van der Waals surface area contributed by atoms with Crippen LogP contribution in [-0.4, -0.2) is 49.8 Å². The third-order valence-corrected chi connectivity index (χ3v) is 5.70. The number of likely N-dealkylation sites (N-methyl/N-ethyl adjacent to an activating group) is 1. The fourth-order valence-electron chi connectivity index (χ4n) is 2.37. The first-order valence-corrected chi connectivity index (χ1v) is 11.0. The lowest BCUT2D eigenvalue weighted by Gasteiger charge is -2.20. The summed E-state index contributed by atoms with van der Waals surface area (Å²) in [5, 5.41) is 20.7. The molecule has 13 heteroatoms. The Labute approximate surface area is 176 Å². The summed E-state index contributed by atoms with van der Waals surface area (Å²) in [4.78, 5) is 36.5. The lowest BCUT2D eigenvalue weighted by molar-refractivity contribution is -0.386. The van der Waals surface area contributed by atoms with Crippen LogP contribution in [0.1, 0.15) is 11.8 Å². The van der Waals surface area contributed by atoms with Crippen LogP contribution in [-0.2, 0) is 26.2 Å². The molecule has 0 unspecified atom stereocenters. The Morgan fingerprint density at radius 2 is 2.07 bits per heavy atom. The van der Waals surface area contributed by atoms with E-state index >= 15 is 0 Å². The van der Waals surface area contributed by atoms with E-state index in [1.165, 1.54) is 16.2 Å². The number of carbonyl (C=O) groups is 2. The van der Waals surface area contributed by atoms with Gasteiger partial charge in [0.1, 0.15) is 0 Å². The second kappa shape index (κ2) is 10.1. The van der Waals surface area contributed by atoms with Gasteiger partial charge in [-0.1, -0.05) is 6.07 Å². The number of hydrogen-bond donors (Lipinski definition) is 2. The second-order valence-corrected chi connectivity index (χ2v) is 8.58. The second-order valence-electron chi connectivity index (χ2n) is 5.98. The van der Waals surface area contributed by atoms with Gasteiger partial charge in [0.25, 0.3) is 5.91 Å². The highest BCUT2D eigenvalue weighted by molar-refractivity contribution is 7.89. The van der Waals surface area contributed by atoms with Gasteiger partial charge in [0.2, 0.25) is 15.9 Å². The van der Waals surface area contributed by atoms with Gasteiger partial charge >= 0.3 is 5.69 Å². The summed E-state index contributed by atoms with van der Waals surface area (Å²) < 4.78 is 27.9. The molecule has 3 N–H and O–H groups in total. The topological polar surface area (TPSA) is 162 Å². The van der Waals surface area contributed by atoms with E-state index in [0.29, 0.717) is 6.54 Å². The number of hydrogen-bond acceptors (Lipinski definition) is 8. The molecule has 162 valence electrons. The number of benzene rings is 1. The van der Waals surface area contributed by atoms with Gasteiger partial charge in [-0.15, -0.1) is 11.3 Å². The number of amides is 2. The van der Waals surface area contributed by atoms with Crippen molar-refractivity contribution in [2.75, 3.05) is 19.7 Å². The largest absolute Gasteiger partial charge is 0.477 e. The Balaban J connectivity index is 1.98. The monoisotopic (exact) mass is 456 g/mol. The van der Waals surface area contributed by atoms with E-state index in [1.807, 2.05) is 17.5 Å². The first kappa shape index (κ1) is 23.3. The Morgan fingerprint density at radius 1 is 1.33 bits per heavy atom. The predicted molar refractivity (Wildman–Crippen MR) is 108 cm³/mol. The van der Waals surface area contributed by atoms with Crippen LogP contribution in [0.25, 0.3) is 0 Å². The summed E-state index contributed by atoms with van der Waals surface area (Å²) in [5.74, 6) is -1.21. The number of nitro benzene ring substituents is 1. The minimum atomic E-state index is -4.14. The van der Waals surface area contributed by atoms with E-state index in [2.05, 4.69) is 5.32 Å². The van der Waals surface area contributed by atoms with Gasteiger partial charge in [-0.25, -0.2) is 13.6 Å². The summed E-state index contributed by atoms with van der Waals surface area (Å²) >= 11 is 1.49. The van der Waals surface area contributed by atoms with Crippen molar-refractivity contribution in [1.82, 2.24) is 10.2 Å². The number of thiophene rings is 1. The molecule has 0 saturated heterocycles.